The van der Waals surface area contributed by atoms with E-state index >= 15 is 0 Å². The van der Waals surface area contributed by atoms with Gasteiger partial charge in [-0.15, -0.1) is 0 Å². The number of nitrogens with zero attached hydrogens (tertiary/aromatic N) is 3. The number of rotatable bonds is 4. The van der Waals surface area contributed by atoms with Crippen LogP contribution in [0.1, 0.15) is 16.1 Å². The van der Waals surface area contributed by atoms with Crippen LogP contribution >= 0.6 is 0 Å². The highest BCUT2D eigenvalue weighted by Crippen LogP contribution is 2.25. The molecule has 0 atom stereocenters. The Kier molecular flexibility index (Phi) is 5.58. The summed E-state index contributed by atoms with van der Waals surface area (Å²) in [4.78, 5) is 18.3. The van der Waals surface area contributed by atoms with Gasteiger partial charge in [0, 0.05) is 25.5 Å². The van der Waals surface area contributed by atoms with Gasteiger partial charge in [0.2, 0.25) is 0 Å². The predicted octanol–water partition coefficient (Wildman–Crippen LogP) is 1.58. The molecule has 28 heavy (non-hydrogen) atoms. The van der Waals surface area contributed by atoms with Crippen molar-refractivity contribution in [2.45, 2.75) is 4.90 Å². The highest BCUT2D eigenvalue weighted by molar-refractivity contribution is 7.90. The quantitative estimate of drug-likeness (QED) is 0.823. The van der Waals surface area contributed by atoms with E-state index in [0.29, 0.717) is 32.0 Å². The Morgan fingerprint density at radius 2 is 2.04 bits per heavy atom. The summed E-state index contributed by atoms with van der Waals surface area (Å²) in [7, 11) is -3.76. The number of sulfone groups is 1. The Labute approximate surface area is 161 Å². The van der Waals surface area contributed by atoms with Crippen molar-refractivity contribution in [1.29, 1.82) is 5.26 Å². The molecule has 1 saturated heterocycles. The zero-order chi connectivity index (χ0) is 20.3. The fourth-order valence-corrected chi connectivity index (χ4v) is 3.65. The molecule has 0 unspecified atom stereocenters. The zero-order valence-electron chi connectivity index (χ0n) is 15.0. The summed E-state index contributed by atoms with van der Waals surface area (Å²) < 4.78 is 42.5. The molecule has 1 amide bonds. The van der Waals surface area contributed by atoms with E-state index in [9.17, 15) is 22.9 Å². The molecule has 1 aromatic heterocycles. The number of anilines is 2. The van der Waals surface area contributed by atoms with E-state index in [2.05, 4.69) is 10.3 Å². The van der Waals surface area contributed by atoms with Gasteiger partial charge >= 0.3 is 0 Å². The fraction of sp³-hybridized carbons (Fsp3) is 0.278. The van der Waals surface area contributed by atoms with Gasteiger partial charge in [0.15, 0.2) is 15.5 Å². The number of hydrogen-bond donors (Lipinski definition) is 1. The second-order valence-electron chi connectivity index (χ2n) is 6.17. The van der Waals surface area contributed by atoms with Gasteiger partial charge < -0.3 is 15.0 Å². The third kappa shape index (κ3) is 4.27. The van der Waals surface area contributed by atoms with Gasteiger partial charge in [-0.3, -0.25) is 4.79 Å². The SMILES string of the molecule is CS(=O)(=O)c1cc(F)ccc1NC(=O)c1cnc(C#N)c(N2CCOCC2)c1. The molecule has 1 N–H and O–H groups in total. The number of nitrogens with one attached hydrogen (secondary N) is 1. The van der Waals surface area contributed by atoms with Crippen LogP contribution in [0, 0.1) is 17.1 Å². The van der Waals surface area contributed by atoms with Gasteiger partial charge in [0.1, 0.15) is 11.9 Å². The summed E-state index contributed by atoms with van der Waals surface area (Å²) in [6.07, 6.45) is 2.17. The molecule has 3 rings (SSSR count). The van der Waals surface area contributed by atoms with E-state index in [1.54, 1.807) is 0 Å². The molecule has 0 saturated carbocycles. The molecule has 8 nitrogen and oxygen atoms in total. The maximum absolute atomic E-state index is 13.4. The maximum Gasteiger partial charge on any atom is 0.257 e. The highest BCUT2D eigenvalue weighted by Gasteiger charge is 2.20. The predicted molar refractivity (Wildman–Crippen MR) is 99.4 cm³/mol. The molecule has 2 heterocycles. The highest BCUT2D eigenvalue weighted by atomic mass is 32.2. The normalized spacial score (nSPS) is 14.4. The minimum atomic E-state index is -3.76. The molecule has 1 aliphatic heterocycles. The molecule has 0 radical (unpaired) electrons. The summed E-state index contributed by atoms with van der Waals surface area (Å²) in [6, 6.07) is 6.61. The number of benzene rings is 1. The lowest BCUT2D eigenvalue weighted by atomic mass is 10.1. The first-order valence-electron chi connectivity index (χ1n) is 8.33. The van der Waals surface area contributed by atoms with E-state index in [1.807, 2.05) is 11.0 Å². The van der Waals surface area contributed by atoms with Gasteiger partial charge in [-0.25, -0.2) is 17.8 Å². The molecule has 0 bridgehead atoms. The van der Waals surface area contributed by atoms with Crippen molar-refractivity contribution >= 4 is 27.1 Å². The Morgan fingerprint density at radius 3 is 2.68 bits per heavy atom. The number of carbonyl (C=O) groups excluding carboxylic acids is 1. The first-order chi connectivity index (χ1) is 13.3. The van der Waals surface area contributed by atoms with E-state index in [1.165, 1.54) is 18.3 Å². The van der Waals surface area contributed by atoms with Crippen LogP contribution in [-0.2, 0) is 14.6 Å². The van der Waals surface area contributed by atoms with Crippen molar-refractivity contribution in [3.05, 3.63) is 47.5 Å². The number of pyridine rings is 1. The van der Waals surface area contributed by atoms with Gasteiger partial charge in [0.05, 0.1) is 35.0 Å². The molecule has 146 valence electrons. The number of hydrogen-bond acceptors (Lipinski definition) is 7. The van der Waals surface area contributed by atoms with Crippen molar-refractivity contribution < 1.29 is 22.3 Å². The fourth-order valence-electron chi connectivity index (χ4n) is 2.81. The van der Waals surface area contributed by atoms with Crippen LogP contribution in [0.15, 0.2) is 35.4 Å². The monoisotopic (exact) mass is 404 g/mol. The maximum atomic E-state index is 13.4. The number of halogens is 1. The molecule has 10 heteroatoms. The Hall–Kier alpha value is -3.03. The summed E-state index contributed by atoms with van der Waals surface area (Å²) in [5.74, 6) is -1.35. The molecule has 1 fully saturated rings. The second kappa shape index (κ2) is 7.92. The van der Waals surface area contributed by atoms with E-state index in [-0.39, 0.29) is 21.8 Å². The van der Waals surface area contributed by atoms with Crippen molar-refractivity contribution in [2.75, 3.05) is 42.8 Å². The Balaban J connectivity index is 1.93. The van der Waals surface area contributed by atoms with Crippen molar-refractivity contribution in [3.8, 4) is 6.07 Å². The molecule has 1 aliphatic rings. The summed E-state index contributed by atoms with van der Waals surface area (Å²) >= 11 is 0. The topological polar surface area (TPSA) is 112 Å². The second-order valence-corrected chi connectivity index (χ2v) is 8.15. The van der Waals surface area contributed by atoms with Gasteiger partial charge in [-0.2, -0.15) is 5.26 Å². The van der Waals surface area contributed by atoms with Crippen LogP contribution in [0.3, 0.4) is 0 Å². The summed E-state index contributed by atoms with van der Waals surface area (Å²) in [5, 5.41) is 11.8. The van der Waals surface area contributed by atoms with Crippen molar-refractivity contribution in [1.82, 2.24) is 4.98 Å². The van der Waals surface area contributed by atoms with Crippen LogP contribution in [0.4, 0.5) is 15.8 Å². The number of carbonyl (C=O) groups is 1. The summed E-state index contributed by atoms with van der Waals surface area (Å²) in [6.45, 7) is 2.10. The number of aromatic nitrogens is 1. The third-order valence-corrected chi connectivity index (χ3v) is 5.32. The first-order valence-corrected chi connectivity index (χ1v) is 10.2. The number of nitriles is 1. The first kappa shape index (κ1) is 19.7. The lowest BCUT2D eigenvalue weighted by molar-refractivity contribution is 0.102. The van der Waals surface area contributed by atoms with Crippen LogP contribution in [0.5, 0.6) is 0 Å². The van der Waals surface area contributed by atoms with Crippen molar-refractivity contribution in [2.24, 2.45) is 0 Å². The number of amides is 1. The molecular formula is C18H17FN4O4S. The Bertz CT molecular complexity index is 1060. The van der Waals surface area contributed by atoms with Crippen molar-refractivity contribution in [3.63, 3.8) is 0 Å². The zero-order valence-corrected chi connectivity index (χ0v) is 15.8. The van der Waals surface area contributed by atoms with Gasteiger partial charge in [-0.1, -0.05) is 0 Å². The lowest BCUT2D eigenvalue weighted by Gasteiger charge is -2.29. The van der Waals surface area contributed by atoms with Gasteiger partial charge in [0.25, 0.3) is 5.91 Å². The molecule has 2 aromatic rings. The minimum absolute atomic E-state index is 0.0359. The van der Waals surface area contributed by atoms with E-state index in [0.717, 1.165) is 18.4 Å². The van der Waals surface area contributed by atoms with Crippen LogP contribution in [0.25, 0.3) is 0 Å². The average Bonchev–Trinajstić information content (AvgIpc) is 2.68. The van der Waals surface area contributed by atoms with Crippen LogP contribution in [-0.4, -0.2) is 51.9 Å². The lowest BCUT2D eigenvalue weighted by Crippen LogP contribution is -2.37. The molecule has 1 aromatic carbocycles. The van der Waals surface area contributed by atoms with Crippen LogP contribution in [0.2, 0.25) is 0 Å². The smallest absolute Gasteiger partial charge is 0.257 e. The van der Waals surface area contributed by atoms with E-state index in [4.69, 9.17) is 4.74 Å². The molecular weight excluding hydrogens is 387 g/mol. The van der Waals surface area contributed by atoms with E-state index < -0.39 is 21.6 Å². The molecule has 0 spiro atoms. The summed E-state index contributed by atoms with van der Waals surface area (Å²) in [5.41, 5.74) is 0.786. The van der Waals surface area contributed by atoms with Gasteiger partial charge in [-0.05, 0) is 24.3 Å². The molecule has 0 aliphatic carbocycles. The largest absolute Gasteiger partial charge is 0.378 e. The average molecular weight is 404 g/mol. The van der Waals surface area contributed by atoms with Crippen LogP contribution < -0.4 is 10.2 Å². The Morgan fingerprint density at radius 1 is 1.32 bits per heavy atom. The standard InChI is InChI=1S/C18H17FN4O4S/c1-28(25,26)17-9-13(19)2-3-14(17)22-18(24)12-8-16(15(10-20)21-11-12)23-4-6-27-7-5-23/h2-3,8-9,11H,4-7H2,1H3,(H,22,24). The third-order valence-electron chi connectivity index (χ3n) is 4.18. The number of ether oxygens (including phenoxy) is 1. The number of morpholine rings is 1. The minimum Gasteiger partial charge on any atom is -0.378 e.